The Balaban J connectivity index is 1.32. The standard InChI is InChI=1S/C37H50N6O6S/c1-22-33(50-21-41-22)27-12-10-25(11-13-27)18-40-35(47)30-17-28(44)19-43(30)36(48)34(37(3,4)5)42-32(46)16-24-6-8-26(9-7-24)20-49-23(2)29(38)14-15-31(39)45/h6-13,21,23,28-30,34,44H,14-20,38H2,1-5H3,(H2,39,45)(H,40,47)(H,42,46)/t23-,28-,29+,30+,34-/m1/s1. The number of nitrogens with zero attached hydrogens (tertiary/aromatic N) is 2. The summed E-state index contributed by atoms with van der Waals surface area (Å²) in [6, 6.07) is 13.1. The SMILES string of the molecule is Cc1ncsc1-c1ccc(CNC(=O)[C@@H]2C[C@@H](O)CN2C(=O)[C@@H](NC(=O)Cc2ccc(CO[C@H](C)[C@@H](N)CCC(N)=O)cc2)C(C)(C)C)cc1. The third-order valence-corrected chi connectivity index (χ3v) is 9.92. The largest absolute Gasteiger partial charge is 0.391 e. The highest BCUT2D eigenvalue weighted by Crippen LogP contribution is 2.28. The maximum absolute atomic E-state index is 14.0. The lowest BCUT2D eigenvalue weighted by atomic mass is 9.85. The number of carbonyl (C=O) groups is 4. The van der Waals surface area contributed by atoms with Crippen LogP contribution in [0.15, 0.2) is 54.0 Å². The number of benzene rings is 2. The van der Waals surface area contributed by atoms with Gasteiger partial charge < -0.3 is 36.8 Å². The average molecular weight is 707 g/mol. The molecule has 1 aromatic heterocycles. The van der Waals surface area contributed by atoms with Crippen molar-refractivity contribution >= 4 is 35.0 Å². The summed E-state index contributed by atoms with van der Waals surface area (Å²) in [4.78, 5) is 58.4. The van der Waals surface area contributed by atoms with E-state index in [0.29, 0.717) is 13.0 Å². The highest BCUT2D eigenvalue weighted by molar-refractivity contribution is 7.13. The van der Waals surface area contributed by atoms with Crippen molar-refractivity contribution < 1.29 is 29.0 Å². The van der Waals surface area contributed by atoms with Crippen LogP contribution in [0.4, 0.5) is 0 Å². The third kappa shape index (κ3) is 10.7. The summed E-state index contributed by atoms with van der Waals surface area (Å²) < 4.78 is 5.85. The number of amides is 4. The van der Waals surface area contributed by atoms with Gasteiger partial charge in [-0.2, -0.15) is 0 Å². The third-order valence-electron chi connectivity index (χ3n) is 8.94. The Hall–Kier alpha value is -4.17. The lowest BCUT2D eigenvalue weighted by Gasteiger charge is -2.35. The van der Waals surface area contributed by atoms with Gasteiger partial charge in [-0.05, 0) is 47.9 Å². The summed E-state index contributed by atoms with van der Waals surface area (Å²) in [5.41, 5.74) is 17.0. The molecule has 0 bridgehead atoms. The van der Waals surface area contributed by atoms with Crippen LogP contribution in [0.1, 0.15) is 69.3 Å². The van der Waals surface area contributed by atoms with Crippen LogP contribution < -0.4 is 22.1 Å². The number of thiazole rings is 1. The molecule has 0 aliphatic carbocycles. The molecular formula is C37H50N6O6S. The number of aryl methyl sites for hydroxylation is 1. The van der Waals surface area contributed by atoms with E-state index in [0.717, 1.165) is 32.8 Å². The molecular weight excluding hydrogens is 657 g/mol. The molecule has 3 aromatic rings. The number of primary amides is 1. The van der Waals surface area contributed by atoms with Crippen molar-refractivity contribution in [2.24, 2.45) is 16.9 Å². The van der Waals surface area contributed by atoms with E-state index in [1.54, 1.807) is 11.3 Å². The van der Waals surface area contributed by atoms with E-state index in [4.69, 9.17) is 16.2 Å². The predicted molar refractivity (Wildman–Crippen MR) is 192 cm³/mol. The van der Waals surface area contributed by atoms with Gasteiger partial charge in [0.1, 0.15) is 12.1 Å². The Morgan fingerprint density at radius 1 is 1.06 bits per heavy atom. The van der Waals surface area contributed by atoms with Crippen LogP contribution >= 0.6 is 11.3 Å². The fraction of sp³-hybridized carbons (Fsp3) is 0.486. The van der Waals surface area contributed by atoms with E-state index >= 15 is 0 Å². The monoisotopic (exact) mass is 706 g/mol. The van der Waals surface area contributed by atoms with Crippen LogP contribution in [0.25, 0.3) is 10.4 Å². The Morgan fingerprint density at radius 2 is 1.70 bits per heavy atom. The second-order valence-corrected chi connectivity index (χ2v) is 15.0. The van der Waals surface area contributed by atoms with Crippen molar-refractivity contribution in [2.75, 3.05) is 6.54 Å². The van der Waals surface area contributed by atoms with Gasteiger partial charge in [-0.15, -0.1) is 11.3 Å². The van der Waals surface area contributed by atoms with Crippen LogP contribution in [0, 0.1) is 12.3 Å². The number of aliphatic hydroxyl groups excluding tert-OH is 1. The van der Waals surface area contributed by atoms with Gasteiger partial charge in [-0.25, -0.2) is 4.98 Å². The summed E-state index contributed by atoms with van der Waals surface area (Å²) in [6.45, 7) is 9.95. The molecule has 1 aliphatic rings. The van der Waals surface area contributed by atoms with E-state index in [1.165, 1.54) is 4.90 Å². The van der Waals surface area contributed by atoms with E-state index in [9.17, 15) is 24.3 Å². The summed E-state index contributed by atoms with van der Waals surface area (Å²) in [5, 5.41) is 16.4. The van der Waals surface area contributed by atoms with Gasteiger partial charge in [-0.3, -0.25) is 19.2 Å². The first-order valence-electron chi connectivity index (χ1n) is 16.9. The lowest BCUT2D eigenvalue weighted by molar-refractivity contribution is -0.144. The Kier molecular flexibility index (Phi) is 13.3. The summed E-state index contributed by atoms with van der Waals surface area (Å²) in [5.74, 6) is -1.51. The normalized spacial score (nSPS) is 17.9. The van der Waals surface area contributed by atoms with E-state index in [2.05, 4.69) is 15.6 Å². The molecule has 12 nitrogen and oxygen atoms in total. The fourth-order valence-corrected chi connectivity index (χ4v) is 6.64. The molecule has 1 fully saturated rings. The van der Waals surface area contributed by atoms with Crippen LogP contribution in [0.3, 0.4) is 0 Å². The number of rotatable bonds is 15. The average Bonchev–Trinajstić information content (AvgIpc) is 3.69. The maximum Gasteiger partial charge on any atom is 0.246 e. The van der Waals surface area contributed by atoms with Gasteiger partial charge in [-0.1, -0.05) is 69.3 Å². The highest BCUT2D eigenvalue weighted by Gasteiger charge is 2.44. The highest BCUT2D eigenvalue weighted by atomic mass is 32.1. The molecule has 0 saturated carbocycles. The topological polar surface area (TPSA) is 190 Å². The van der Waals surface area contributed by atoms with Gasteiger partial charge in [0.25, 0.3) is 0 Å². The second kappa shape index (κ2) is 17.2. The summed E-state index contributed by atoms with van der Waals surface area (Å²) in [7, 11) is 0. The number of aliphatic hydroxyl groups is 1. The molecule has 7 N–H and O–H groups in total. The first kappa shape index (κ1) is 38.6. The van der Waals surface area contributed by atoms with Crippen LogP contribution in [0.2, 0.25) is 0 Å². The van der Waals surface area contributed by atoms with Gasteiger partial charge in [0.2, 0.25) is 23.6 Å². The first-order valence-corrected chi connectivity index (χ1v) is 17.8. The number of carbonyl (C=O) groups excluding carboxylic acids is 4. The molecule has 4 amide bonds. The van der Waals surface area contributed by atoms with E-state index in [-0.39, 0.29) is 56.3 Å². The Morgan fingerprint density at radius 3 is 2.30 bits per heavy atom. The van der Waals surface area contributed by atoms with E-state index < -0.39 is 35.4 Å². The van der Waals surface area contributed by atoms with Gasteiger partial charge in [0, 0.05) is 32.0 Å². The smallest absolute Gasteiger partial charge is 0.246 e. The Bertz CT molecular complexity index is 1620. The number of hydrogen-bond donors (Lipinski definition) is 5. The summed E-state index contributed by atoms with van der Waals surface area (Å²) >= 11 is 1.57. The van der Waals surface area contributed by atoms with E-state index in [1.807, 2.05) is 88.7 Å². The quantitative estimate of drug-likeness (QED) is 0.159. The number of nitrogens with two attached hydrogens (primary N) is 2. The van der Waals surface area contributed by atoms with Crippen molar-refractivity contribution in [1.82, 2.24) is 20.5 Å². The lowest BCUT2D eigenvalue weighted by Crippen LogP contribution is -2.58. The second-order valence-electron chi connectivity index (χ2n) is 14.1. The Labute approximate surface area is 298 Å². The molecule has 0 radical (unpaired) electrons. The molecule has 1 saturated heterocycles. The number of β-amino-alcohol motifs (C(OH)–C–C–N with tert-alkyl or cyclic N) is 1. The van der Waals surface area contributed by atoms with Crippen molar-refractivity contribution in [3.63, 3.8) is 0 Å². The zero-order valence-electron chi connectivity index (χ0n) is 29.5. The van der Waals surface area contributed by atoms with Crippen LogP contribution in [-0.2, 0) is 43.5 Å². The molecule has 0 unspecified atom stereocenters. The first-order chi connectivity index (χ1) is 23.6. The number of hydrogen-bond acceptors (Lipinski definition) is 9. The van der Waals surface area contributed by atoms with Crippen molar-refractivity contribution in [1.29, 1.82) is 0 Å². The van der Waals surface area contributed by atoms with Gasteiger partial charge >= 0.3 is 0 Å². The van der Waals surface area contributed by atoms with Gasteiger partial charge in [0.05, 0.1) is 41.3 Å². The van der Waals surface area contributed by atoms with Crippen LogP contribution in [-0.4, -0.2) is 75.5 Å². The summed E-state index contributed by atoms with van der Waals surface area (Å²) in [6.07, 6.45) is -0.328. The molecule has 5 atom stereocenters. The molecule has 2 heterocycles. The molecule has 13 heteroatoms. The maximum atomic E-state index is 14.0. The van der Waals surface area contributed by atoms with Gasteiger partial charge in [0.15, 0.2) is 0 Å². The number of ether oxygens (including phenoxy) is 1. The number of aromatic nitrogens is 1. The predicted octanol–water partition coefficient (Wildman–Crippen LogP) is 2.97. The minimum Gasteiger partial charge on any atom is -0.391 e. The fourth-order valence-electron chi connectivity index (χ4n) is 5.83. The van der Waals surface area contributed by atoms with Crippen molar-refractivity contribution in [3.8, 4) is 10.4 Å². The van der Waals surface area contributed by atoms with Crippen LogP contribution in [0.5, 0.6) is 0 Å². The zero-order chi connectivity index (χ0) is 36.6. The molecule has 2 aromatic carbocycles. The minimum atomic E-state index is -0.925. The number of likely N-dealkylation sites (tertiary alicyclic amines) is 1. The molecule has 270 valence electrons. The molecule has 50 heavy (non-hydrogen) atoms. The van der Waals surface area contributed by atoms with Crippen molar-refractivity contribution in [3.05, 3.63) is 76.4 Å². The van der Waals surface area contributed by atoms with Crippen molar-refractivity contribution in [2.45, 2.75) is 104 Å². The molecule has 4 rings (SSSR count). The minimum absolute atomic E-state index is 0.000461. The molecule has 0 spiro atoms. The zero-order valence-corrected chi connectivity index (χ0v) is 30.3. The molecule has 1 aliphatic heterocycles. The number of nitrogens with one attached hydrogen (secondary N) is 2.